The molecule has 1 aromatic heterocycles. The number of dihydropyridines is 1. The third-order valence-electron chi connectivity index (χ3n) is 3.75. The minimum absolute atomic E-state index is 0.276. The maximum absolute atomic E-state index is 12.0. The largest absolute Gasteiger partial charge is 0.486 e. The Kier molecular flexibility index (Phi) is 4.75. The lowest BCUT2D eigenvalue weighted by Gasteiger charge is -2.29. The monoisotopic (exact) mass is 303 g/mol. The number of allylic oxidation sites excluding steroid dienone is 2. The van der Waals surface area contributed by atoms with Gasteiger partial charge in [-0.3, -0.25) is 4.79 Å². The summed E-state index contributed by atoms with van der Waals surface area (Å²) in [5, 5.41) is 12.9. The molecule has 0 spiro atoms. The second-order valence-electron chi connectivity index (χ2n) is 5.25. The molecule has 3 heterocycles. The van der Waals surface area contributed by atoms with Crippen LogP contribution < -0.4 is 25.8 Å². The van der Waals surface area contributed by atoms with Gasteiger partial charge < -0.3 is 20.3 Å². The molecule has 3 N–H and O–H groups in total. The van der Waals surface area contributed by atoms with Gasteiger partial charge in [-0.25, -0.2) is 5.10 Å². The van der Waals surface area contributed by atoms with Crippen molar-refractivity contribution in [1.82, 2.24) is 20.8 Å². The van der Waals surface area contributed by atoms with Crippen LogP contribution in [0.5, 0.6) is 5.75 Å². The molecule has 1 aromatic rings. The van der Waals surface area contributed by atoms with Crippen LogP contribution in [0, 0.1) is 0 Å². The van der Waals surface area contributed by atoms with Crippen LogP contribution in [0.15, 0.2) is 34.9 Å². The lowest BCUT2D eigenvalue weighted by atomic mass is 10.2. The molecule has 1 saturated heterocycles. The van der Waals surface area contributed by atoms with E-state index in [1.807, 2.05) is 12.2 Å². The van der Waals surface area contributed by atoms with E-state index in [1.165, 1.54) is 0 Å². The summed E-state index contributed by atoms with van der Waals surface area (Å²) in [7, 11) is 0. The van der Waals surface area contributed by atoms with Gasteiger partial charge in [0, 0.05) is 44.8 Å². The van der Waals surface area contributed by atoms with E-state index in [-0.39, 0.29) is 5.56 Å². The number of anilines is 1. The fourth-order valence-electron chi connectivity index (χ4n) is 2.58. The number of hydrogen-bond donors (Lipinski definition) is 3. The van der Waals surface area contributed by atoms with Crippen molar-refractivity contribution in [2.75, 3.05) is 44.2 Å². The van der Waals surface area contributed by atoms with Crippen LogP contribution >= 0.6 is 0 Å². The number of piperazine rings is 1. The lowest BCUT2D eigenvalue weighted by molar-refractivity contribution is 0.313. The molecule has 0 amide bonds. The summed E-state index contributed by atoms with van der Waals surface area (Å²) in [6, 6.07) is 0. The Morgan fingerprint density at radius 3 is 2.95 bits per heavy atom. The highest BCUT2D eigenvalue weighted by Gasteiger charge is 2.18. The number of hydrogen-bond acceptors (Lipinski definition) is 6. The predicted molar refractivity (Wildman–Crippen MR) is 85.3 cm³/mol. The fraction of sp³-hybridized carbons (Fsp3) is 0.467. The minimum atomic E-state index is -0.276. The third-order valence-corrected chi connectivity index (χ3v) is 3.75. The molecule has 7 nitrogen and oxygen atoms in total. The van der Waals surface area contributed by atoms with E-state index in [9.17, 15) is 4.79 Å². The van der Waals surface area contributed by atoms with E-state index < -0.39 is 0 Å². The van der Waals surface area contributed by atoms with Crippen molar-refractivity contribution in [3.05, 3.63) is 40.5 Å². The summed E-state index contributed by atoms with van der Waals surface area (Å²) in [5.41, 5.74) is 1.62. The van der Waals surface area contributed by atoms with E-state index in [0.717, 1.165) is 50.5 Å². The smallest absolute Gasteiger partial charge is 0.308 e. The lowest BCUT2D eigenvalue weighted by Crippen LogP contribution is -2.44. The normalized spacial score (nSPS) is 17.8. The fourth-order valence-corrected chi connectivity index (χ4v) is 2.58. The molecular formula is C15H21N5O2. The predicted octanol–water partition coefficient (Wildman–Crippen LogP) is -0.00830. The molecule has 118 valence electrons. The summed E-state index contributed by atoms with van der Waals surface area (Å²) in [6.07, 6.45) is 8.52. The first-order chi connectivity index (χ1) is 10.8. The first-order valence-electron chi connectivity index (χ1n) is 7.60. The molecular weight excluding hydrogens is 282 g/mol. The molecule has 0 bridgehead atoms. The molecule has 22 heavy (non-hydrogen) atoms. The highest BCUT2D eigenvalue weighted by atomic mass is 16.5. The molecule has 0 radical (unpaired) electrons. The molecule has 2 aliphatic heterocycles. The van der Waals surface area contributed by atoms with E-state index in [2.05, 4.69) is 31.8 Å². The standard InChI is InChI=1S/C15H21N5O2/c21-15-14(22-10-4-12-3-1-2-5-17-12)13(11-18-19-15)20-8-6-16-7-9-20/h1-3,11,16-17H,4-10H2,(H,19,21). The van der Waals surface area contributed by atoms with Crippen LogP contribution in [-0.2, 0) is 0 Å². The van der Waals surface area contributed by atoms with Crippen molar-refractivity contribution in [3.63, 3.8) is 0 Å². The van der Waals surface area contributed by atoms with Gasteiger partial charge in [0.05, 0.1) is 12.8 Å². The Hall–Kier alpha value is -2.28. The van der Waals surface area contributed by atoms with Gasteiger partial charge in [0.25, 0.3) is 0 Å². The number of nitrogens with one attached hydrogen (secondary N) is 3. The molecule has 3 rings (SSSR count). The van der Waals surface area contributed by atoms with Gasteiger partial charge in [-0.05, 0) is 6.08 Å². The Morgan fingerprint density at radius 1 is 1.32 bits per heavy atom. The molecule has 7 heteroatoms. The zero-order valence-corrected chi connectivity index (χ0v) is 12.5. The van der Waals surface area contributed by atoms with Crippen molar-refractivity contribution >= 4 is 5.69 Å². The summed E-state index contributed by atoms with van der Waals surface area (Å²) >= 11 is 0. The van der Waals surface area contributed by atoms with Crippen LogP contribution in [0.3, 0.4) is 0 Å². The number of nitrogens with zero attached hydrogens (tertiary/aromatic N) is 2. The quantitative estimate of drug-likeness (QED) is 0.710. The number of rotatable bonds is 5. The Bertz CT molecular complexity index is 617. The first-order valence-corrected chi connectivity index (χ1v) is 7.60. The van der Waals surface area contributed by atoms with E-state index in [0.29, 0.717) is 12.4 Å². The molecule has 0 unspecified atom stereocenters. The molecule has 0 saturated carbocycles. The molecule has 0 aromatic carbocycles. The zero-order chi connectivity index (χ0) is 15.2. The van der Waals surface area contributed by atoms with Crippen molar-refractivity contribution in [3.8, 4) is 5.75 Å². The number of H-pyrrole nitrogens is 1. The van der Waals surface area contributed by atoms with Gasteiger partial charge in [0.15, 0.2) is 0 Å². The third kappa shape index (κ3) is 3.48. The molecule has 1 fully saturated rings. The SMILES string of the molecule is O=c1[nH]ncc(N2CCNCC2)c1OCCC1=CC=CCN1. The average molecular weight is 303 g/mol. The summed E-state index contributed by atoms with van der Waals surface area (Å²) in [6.45, 7) is 4.79. The molecule has 0 atom stereocenters. The van der Waals surface area contributed by atoms with Crippen molar-refractivity contribution in [1.29, 1.82) is 0 Å². The van der Waals surface area contributed by atoms with Gasteiger partial charge in [0.1, 0.15) is 5.69 Å². The number of ether oxygens (including phenoxy) is 1. The maximum atomic E-state index is 12.0. The van der Waals surface area contributed by atoms with Crippen LogP contribution in [0.4, 0.5) is 5.69 Å². The van der Waals surface area contributed by atoms with Gasteiger partial charge in [-0.15, -0.1) is 0 Å². The van der Waals surface area contributed by atoms with E-state index in [4.69, 9.17) is 4.74 Å². The summed E-state index contributed by atoms with van der Waals surface area (Å²) in [4.78, 5) is 14.2. The molecule has 0 aliphatic carbocycles. The first kappa shape index (κ1) is 14.6. The topological polar surface area (TPSA) is 82.3 Å². The van der Waals surface area contributed by atoms with Gasteiger partial charge in [0.2, 0.25) is 5.75 Å². The Morgan fingerprint density at radius 2 is 2.18 bits per heavy atom. The summed E-state index contributed by atoms with van der Waals surface area (Å²) in [5.74, 6) is 0.365. The van der Waals surface area contributed by atoms with E-state index >= 15 is 0 Å². The van der Waals surface area contributed by atoms with Gasteiger partial charge in [-0.1, -0.05) is 12.2 Å². The molecule has 2 aliphatic rings. The minimum Gasteiger partial charge on any atom is -0.486 e. The van der Waals surface area contributed by atoms with Gasteiger partial charge in [-0.2, -0.15) is 5.10 Å². The van der Waals surface area contributed by atoms with Crippen molar-refractivity contribution in [2.24, 2.45) is 0 Å². The highest BCUT2D eigenvalue weighted by molar-refractivity contribution is 5.56. The van der Waals surface area contributed by atoms with Gasteiger partial charge >= 0.3 is 5.56 Å². The number of aromatic nitrogens is 2. The summed E-state index contributed by atoms with van der Waals surface area (Å²) < 4.78 is 5.77. The number of aromatic amines is 1. The van der Waals surface area contributed by atoms with Crippen LogP contribution in [0.1, 0.15) is 6.42 Å². The Balaban J connectivity index is 1.67. The van der Waals surface area contributed by atoms with Crippen LogP contribution in [-0.4, -0.2) is 49.5 Å². The maximum Gasteiger partial charge on any atom is 0.308 e. The average Bonchev–Trinajstić information content (AvgIpc) is 2.58. The second-order valence-corrected chi connectivity index (χ2v) is 5.25. The second kappa shape index (κ2) is 7.13. The van der Waals surface area contributed by atoms with Crippen LogP contribution in [0.2, 0.25) is 0 Å². The van der Waals surface area contributed by atoms with Crippen LogP contribution in [0.25, 0.3) is 0 Å². The zero-order valence-electron chi connectivity index (χ0n) is 12.5. The van der Waals surface area contributed by atoms with Crippen molar-refractivity contribution < 1.29 is 4.74 Å². The Labute approximate surface area is 129 Å². The van der Waals surface area contributed by atoms with E-state index in [1.54, 1.807) is 6.20 Å². The van der Waals surface area contributed by atoms with Crippen molar-refractivity contribution in [2.45, 2.75) is 6.42 Å². The highest BCUT2D eigenvalue weighted by Crippen LogP contribution is 2.23.